The third kappa shape index (κ3) is 4.05. The van der Waals surface area contributed by atoms with Crippen molar-refractivity contribution >= 4 is 11.8 Å². The summed E-state index contributed by atoms with van der Waals surface area (Å²) in [6, 6.07) is 0. The van der Waals surface area contributed by atoms with Crippen molar-refractivity contribution in [3.05, 3.63) is 11.6 Å². The highest BCUT2D eigenvalue weighted by Crippen LogP contribution is 2.69. The fourth-order valence-electron chi connectivity index (χ4n) is 10.5. The maximum absolute atomic E-state index is 14.1. The summed E-state index contributed by atoms with van der Waals surface area (Å²) in [5.74, 6) is 3.37. The molecule has 5 aliphatic rings. The van der Waals surface area contributed by atoms with E-state index in [9.17, 15) is 9.59 Å². The van der Waals surface area contributed by atoms with Crippen molar-refractivity contribution in [2.24, 2.45) is 57.7 Å². The molecule has 0 bridgehead atoms. The first-order valence-corrected chi connectivity index (χ1v) is 15.5. The normalized spacial score (nSPS) is 46.2. The van der Waals surface area contributed by atoms with Crippen LogP contribution in [-0.4, -0.2) is 18.4 Å². The van der Waals surface area contributed by atoms with Crippen LogP contribution in [0.2, 0.25) is 0 Å². The molecule has 5 rings (SSSR count). The van der Waals surface area contributed by atoms with Crippen LogP contribution in [0.5, 0.6) is 0 Å². The zero-order chi connectivity index (χ0) is 25.9. The summed E-state index contributed by atoms with van der Waals surface area (Å²) in [5, 5.41) is 0. The second-order valence-corrected chi connectivity index (χ2v) is 14.6. The third-order valence-corrected chi connectivity index (χ3v) is 12.8. The molecule has 9 atom stereocenters. The molecule has 0 aromatic carbocycles. The van der Waals surface area contributed by atoms with Crippen LogP contribution in [0.3, 0.4) is 0 Å². The molecule has 0 N–H and O–H groups in total. The van der Waals surface area contributed by atoms with Crippen LogP contribution < -0.4 is 0 Å². The van der Waals surface area contributed by atoms with Crippen molar-refractivity contribution in [3.8, 4) is 0 Å². The number of carbonyl (C=O) groups is 2. The third-order valence-electron chi connectivity index (χ3n) is 12.8. The Kier molecular flexibility index (Phi) is 7.04. The molecule has 0 saturated heterocycles. The van der Waals surface area contributed by atoms with E-state index in [1.807, 2.05) is 0 Å². The molecular formula is C33H52O3. The molecule has 0 amide bonds. The largest absolute Gasteiger partial charge is 0.465 e. The fourth-order valence-corrected chi connectivity index (χ4v) is 10.5. The first kappa shape index (κ1) is 26.5. The van der Waals surface area contributed by atoms with Crippen molar-refractivity contribution in [1.82, 2.24) is 0 Å². The van der Waals surface area contributed by atoms with Gasteiger partial charge in [-0.2, -0.15) is 0 Å². The first-order valence-electron chi connectivity index (χ1n) is 15.5. The Morgan fingerprint density at radius 1 is 0.972 bits per heavy atom. The standard InChI is InChI=1S/C33H52O3/c1-7-22(8-2)20-36-30(35)23-11-15-31(4)16-12-26-24(27(31)18-23)19-28(34)29-32(5)14-9-10-21(3)25(32)13-17-33(26,29)6/h19,21-23,25-27,29H,7-18,20H2,1-6H3/t21-,23?,25?,26?,27?,29?,31+,32-,33-/m0/s1. The molecule has 202 valence electrons. The topological polar surface area (TPSA) is 43.4 Å². The number of ketones is 1. The Labute approximate surface area is 220 Å². The average Bonchev–Trinajstić information content (AvgIpc) is 2.83. The Morgan fingerprint density at radius 2 is 1.69 bits per heavy atom. The van der Waals surface area contributed by atoms with Crippen LogP contribution in [0.4, 0.5) is 0 Å². The molecule has 0 spiro atoms. The summed E-state index contributed by atoms with van der Waals surface area (Å²) in [6.07, 6.45) is 15.9. The summed E-state index contributed by atoms with van der Waals surface area (Å²) in [6.45, 7) is 14.8. The minimum atomic E-state index is -0.00911. The summed E-state index contributed by atoms with van der Waals surface area (Å²) in [7, 11) is 0. The van der Waals surface area contributed by atoms with E-state index in [0.717, 1.165) is 38.0 Å². The second-order valence-electron chi connectivity index (χ2n) is 14.6. The van der Waals surface area contributed by atoms with Gasteiger partial charge in [-0.25, -0.2) is 0 Å². The summed E-state index contributed by atoms with van der Waals surface area (Å²) < 4.78 is 5.86. The highest BCUT2D eigenvalue weighted by atomic mass is 16.5. The molecular weight excluding hydrogens is 444 g/mol. The monoisotopic (exact) mass is 496 g/mol. The Bertz CT molecular complexity index is 901. The van der Waals surface area contributed by atoms with Gasteiger partial charge in [0.25, 0.3) is 0 Å². The molecule has 3 heteroatoms. The predicted octanol–water partition coefficient (Wildman–Crippen LogP) is 8.17. The zero-order valence-corrected chi connectivity index (χ0v) is 24.0. The Hall–Kier alpha value is -1.12. The van der Waals surface area contributed by atoms with E-state index in [1.54, 1.807) is 0 Å². The highest BCUT2D eigenvalue weighted by molar-refractivity contribution is 5.95. The van der Waals surface area contributed by atoms with E-state index in [0.29, 0.717) is 36.1 Å². The minimum Gasteiger partial charge on any atom is -0.465 e. The summed E-state index contributed by atoms with van der Waals surface area (Å²) in [4.78, 5) is 27.3. The maximum Gasteiger partial charge on any atom is 0.308 e. The predicted molar refractivity (Wildman–Crippen MR) is 145 cm³/mol. The van der Waals surface area contributed by atoms with Crippen molar-refractivity contribution < 1.29 is 14.3 Å². The quantitative estimate of drug-likeness (QED) is 0.361. The molecule has 0 aromatic rings. The molecule has 4 saturated carbocycles. The number of carbonyl (C=O) groups excluding carboxylic acids is 2. The van der Waals surface area contributed by atoms with Crippen LogP contribution >= 0.6 is 0 Å². The SMILES string of the molecule is CCC(CC)COC(=O)C1CC[C@]2(C)CCC3C(=CC(=O)C4[C@@]3(C)CCC3[C@@H](C)CCC[C@@]34C)C2C1. The van der Waals surface area contributed by atoms with E-state index >= 15 is 0 Å². The van der Waals surface area contributed by atoms with Crippen molar-refractivity contribution in [2.45, 2.75) is 119 Å². The van der Waals surface area contributed by atoms with Gasteiger partial charge >= 0.3 is 5.97 Å². The van der Waals surface area contributed by atoms with Crippen LogP contribution in [0, 0.1) is 57.7 Å². The molecule has 0 aromatic heterocycles. The van der Waals surface area contributed by atoms with Gasteiger partial charge in [-0.15, -0.1) is 0 Å². The van der Waals surface area contributed by atoms with Crippen molar-refractivity contribution in [1.29, 1.82) is 0 Å². The van der Waals surface area contributed by atoms with Gasteiger partial charge in [0.15, 0.2) is 5.78 Å². The number of hydrogen-bond donors (Lipinski definition) is 0. The molecule has 36 heavy (non-hydrogen) atoms. The van der Waals surface area contributed by atoms with Gasteiger partial charge in [0, 0.05) is 5.92 Å². The molecule has 0 aliphatic heterocycles. The molecule has 3 nitrogen and oxygen atoms in total. The smallest absolute Gasteiger partial charge is 0.308 e. The lowest BCUT2D eigenvalue weighted by Gasteiger charge is -2.65. The zero-order valence-electron chi connectivity index (χ0n) is 24.0. The maximum atomic E-state index is 14.1. The highest BCUT2D eigenvalue weighted by Gasteiger charge is 2.64. The number of allylic oxidation sites excluding steroid dienone is 2. The second kappa shape index (κ2) is 9.57. The van der Waals surface area contributed by atoms with Gasteiger partial charge in [-0.05, 0) is 103 Å². The van der Waals surface area contributed by atoms with Gasteiger partial charge in [-0.3, -0.25) is 9.59 Å². The van der Waals surface area contributed by atoms with Crippen LogP contribution in [0.1, 0.15) is 119 Å². The van der Waals surface area contributed by atoms with Crippen LogP contribution in [0.15, 0.2) is 11.6 Å². The Morgan fingerprint density at radius 3 is 2.42 bits per heavy atom. The lowest BCUT2D eigenvalue weighted by molar-refractivity contribution is -0.160. The molecule has 5 unspecified atom stereocenters. The van der Waals surface area contributed by atoms with E-state index < -0.39 is 0 Å². The van der Waals surface area contributed by atoms with Crippen LogP contribution in [0.25, 0.3) is 0 Å². The van der Waals surface area contributed by atoms with E-state index in [4.69, 9.17) is 4.74 Å². The van der Waals surface area contributed by atoms with E-state index in [-0.39, 0.29) is 34.1 Å². The minimum absolute atomic E-state index is 0.00911. The van der Waals surface area contributed by atoms with Gasteiger partial charge in [-0.1, -0.05) is 72.8 Å². The number of rotatable bonds is 5. The Balaban J connectivity index is 1.41. The van der Waals surface area contributed by atoms with Gasteiger partial charge in [0.05, 0.1) is 12.5 Å². The molecule has 5 aliphatic carbocycles. The van der Waals surface area contributed by atoms with Gasteiger partial charge in [0.2, 0.25) is 0 Å². The van der Waals surface area contributed by atoms with Crippen LogP contribution in [-0.2, 0) is 14.3 Å². The molecule has 0 heterocycles. The number of esters is 1. The van der Waals surface area contributed by atoms with Gasteiger partial charge < -0.3 is 4.74 Å². The molecule has 0 radical (unpaired) electrons. The fraction of sp³-hybridized carbons (Fsp3) is 0.879. The summed E-state index contributed by atoms with van der Waals surface area (Å²) >= 11 is 0. The summed E-state index contributed by atoms with van der Waals surface area (Å²) in [5.41, 5.74) is 1.88. The van der Waals surface area contributed by atoms with Crippen molar-refractivity contribution in [3.63, 3.8) is 0 Å². The number of hydrogen-bond acceptors (Lipinski definition) is 3. The average molecular weight is 497 g/mol. The molecule has 4 fully saturated rings. The number of ether oxygens (including phenoxy) is 1. The number of fused-ring (bicyclic) bond motifs is 7. The van der Waals surface area contributed by atoms with E-state index in [2.05, 4.69) is 47.6 Å². The lowest BCUT2D eigenvalue weighted by atomic mass is 9.39. The van der Waals surface area contributed by atoms with E-state index in [1.165, 1.54) is 50.5 Å². The van der Waals surface area contributed by atoms with Crippen molar-refractivity contribution in [2.75, 3.05) is 6.61 Å². The first-order chi connectivity index (χ1) is 17.1. The lowest BCUT2D eigenvalue weighted by Crippen LogP contribution is -2.60. The van der Waals surface area contributed by atoms with Gasteiger partial charge in [0.1, 0.15) is 0 Å².